The number of hydrogen-bond acceptors (Lipinski definition) is 5. The number of nitrogens with zero attached hydrogens (tertiary/aromatic N) is 4. The van der Waals surface area contributed by atoms with Crippen LogP contribution in [0.2, 0.25) is 0 Å². The van der Waals surface area contributed by atoms with Crippen molar-refractivity contribution in [2.75, 3.05) is 44.2 Å². The van der Waals surface area contributed by atoms with E-state index < -0.39 is 0 Å². The molecular formula is C22H32N4O2. The molecule has 1 aromatic heterocycles. The van der Waals surface area contributed by atoms with Crippen molar-refractivity contribution in [2.24, 2.45) is 5.92 Å². The van der Waals surface area contributed by atoms with Gasteiger partial charge < -0.3 is 14.2 Å². The zero-order valence-corrected chi connectivity index (χ0v) is 17.1. The number of oxazole rings is 1. The summed E-state index contributed by atoms with van der Waals surface area (Å²) in [5.74, 6) is 0.516. The molecule has 0 aliphatic carbocycles. The van der Waals surface area contributed by atoms with E-state index in [0.29, 0.717) is 11.9 Å². The summed E-state index contributed by atoms with van der Waals surface area (Å²) in [6.07, 6.45) is 4.37. The van der Waals surface area contributed by atoms with Crippen molar-refractivity contribution in [1.29, 1.82) is 0 Å². The number of piperidine rings is 2. The van der Waals surface area contributed by atoms with Gasteiger partial charge in [0, 0.05) is 38.8 Å². The maximum Gasteiger partial charge on any atom is 0.298 e. The van der Waals surface area contributed by atoms with Crippen molar-refractivity contribution < 1.29 is 9.21 Å². The number of amides is 1. The molecule has 0 bridgehead atoms. The van der Waals surface area contributed by atoms with Crippen molar-refractivity contribution in [3.8, 4) is 0 Å². The molecule has 28 heavy (non-hydrogen) atoms. The second-order valence-electron chi connectivity index (χ2n) is 8.03. The first-order valence-corrected chi connectivity index (χ1v) is 10.8. The summed E-state index contributed by atoms with van der Waals surface area (Å²) >= 11 is 0. The van der Waals surface area contributed by atoms with E-state index in [2.05, 4.69) is 28.6 Å². The van der Waals surface area contributed by atoms with E-state index >= 15 is 0 Å². The molecule has 4 rings (SSSR count). The number of benzene rings is 1. The number of aromatic nitrogens is 1. The Bertz CT molecular complexity index is 760. The van der Waals surface area contributed by atoms with Crippen molar-refractivity contribution in [2.45, 2.75) is 45.6 Å². The molecule has 2 aliphatic heterocycles. The number of fused-ring (bicyclic) bond motifs is 1. The Morgan fingerprint density at radius 3 is 2.61 bits per heavy atom. The normalized spacial score (nSPS) is 21.9. The maximum atomic E-state index is 12.8. The van der Waals surface area contributed by atoms with Crippen LogP contribution < -0.4 is 4.90 Å². The number of para-hydroxylation sites is 2. The Kier molecular flexibility index (Phi) is 5.85. The van der Waals surface area contributed by atoms with Crippen LogP contribution in [0, 0.1) is 5.92 Å². The van der Waals surface area contributed by atoms with E-state index in [1.807, 2.05) is 29.2 Å². The van der Waals surface area contributed by atoms with Crippen molar-refractivity contribution >= 4 is 23.0 Å². The summed E-state index contributed by atoms with van der Waals surface area (Å²) in [6.45, 7) is 9.74. The smallest absolute Gasteiger partial charge is 0.298 e. The molecule has 152 valence electrons. The Labute approximate surface area is 167 Å². The quantitative estimate of drug-likeness (QED) is 0.791. The molecule has 2 aliphatic rings. The second-order valence-corrected chi connectivity index (χ2v) is 8.03. The van der Waals surface area contributed by atoms with Crippen LogP contribution in [0.25, 0.3) is 11.1 Å². The molecule has 1 aromatic carbocycles. The topological polar surface area (TPSA) is 52.8 Å². The summed E-state index contributed by atoms with van der Waals surface area (Å²) < 4.78 is 5.94. The fourth-order valence-electron chi connectivity index (χ4n) is 4.75. The van der Waals surface area contributed by atoms with Crippen LogP contribution in [0.4, 0.5) is 6.01 Å². The highest BCUT2D eigenvalue weighted by Gasteiger charge is 2.33. The van der Waals surface area contributed by atoms with Crippen LogP contribution in [-0.2, 0) is 4.79 Å². The third-order valence-electron chi connectivity index (χ3n) is 6.41. The Hall–Kier alpha value is -2.08. The zero-order valence-electron chi connectivity index (χ0n) is 17.1. The van der Waals surface area contributed by atoms with Crippen LogP contribution in [0.15, 0.2) is 28.7 Å². The van der Waals surface area contributed by atoms with Crippen LogP contribution in [-0.4, -0.2) is 66.0 Å². The average Bonchev–Trinajstić information content (AvgIpc) is 3.19. The van der Waals surface area contributed by atoms with Crippen molar-refractivity contribution in [3.05, 3.63) is 24.3 Å². The summed E-state index contributed by atoms with van der Waals surface area (Å²) in [5.41, 5.74) is 1.78. The standard InChI is InChI=1S/C22H32N4O2/c1-3-24(4-2)21(27)17-8-7-13-26(16-17)18-11-14-25(15-12-18)22-23-19-9-5-6-10-20(19)28-22/h5-6,9-10,17-18H,3-4,7-8,11-16H2,1-2H3. The lowest BCUT2D eigenvalue weighted by Crippen LogP contribution is -2.51. The minimum absolute atomic E-state index is 0.170. The summed E-state index contributed by atoms with van der Waals surface area (Å²) in [5, 5.41) is 0. The van der Waals surface area contributed by atoms with Gasteiger partial charge in [0.2, 0.25) is 5.91 Å². The van der Waals surface area contributed by atoms with E-state index in [4.69, 9.17) is 4.42 Å². The molecule has 0 radical (unpaired) electrons. The van der Waals surface area contributed by atoms with E-state index in [9.17, 15) is 4.79 Å². The third-order valence-corrected chi connectivity index (χ3v) is 6.41. The number of carbonyl (C=O) groups excluding carboxylic acids is 1. The van der Waals surface area contributed by atoms with Gasteiger partial charge in [0.15, 0.2) is 5.58 Å². The summed E-state index contributed by atoms with van der Waals surface area (Å²) in [4.78, 5) is 24.2. The molecule has 6 heteroatoms. The zero-order chi connectivity index (χ0) is 19.5. The molecule has 1 unspecified atom stereocenters. The fourth-order valence-corrected chi connectivity index (χ4v) is 4.75. The lowest BCUT2D eigenvalue weighted by Gasteiger charge is -2.42. The van der Waals surface area contributed by atoms with E-state index in [1.165, 1.54) is 0 Å². The largest absolute Gasteiger partial charge is 0.423 e. The van der Waals surface area contributed by atoms with Crippen LogP contribution >= 0.6 is 0 Å². The number of likely N-dealkylation sites (tertiary alicyclic amines) is 1. The molecule has 1 amide bonds. The molecule has 2 fully saturated rings. The number of carbonyl (C=O) groups is 1. The summed E-state index contributed by atoms with van der Waals surface area (Å²) in [6, 6.07) is 9.25. The van der Waals surface area contributed by atoms with Gasteiger partial charge in [0.05, 0.1) is 5.92 Å². The van der Waals surface area contributed by atoms with Gasteiger partial charge in [-0.1, -0.05) is 12.1 Å². The van der Waals surface area contributed by atoms with Gasteiger partial charge in [-0.05, 0) is 58.2 Å². The van der Waals surface area contributed by atoms with Crippen LogP contribution in [0.5, 0.6) is 0 Å². The van der Waals surface area contributed by atoms with Gasteiger partial charge in [-0.2, -0.15) is 4.98 Å². The van der Waals surface area contributed by atoms with E-state index in [1.54, 1.807) is 0 Å². The molecule has 0 saturated carbocycles. The SMILES string of the molecule is CCN(CC)C(=O)C1CCCN(C2CCN(c3nc4ccccc4o3)CC2)C1. The van der Waals surface area contributed by atoms with Gasteiger partial charge in [-0.15, -0.1) is 0 Å². The minimum Gasteiger partial charge on any atom is -0.423 e. The van der Waals surface area contributed by atoms with Gasteiger partial charge in [-0.3, -0.25) is 9.69 Å². The molecule has 2 saturated heterocycles. The molecule has 0 N–H and O–H groups in total. The van der Waals surface area contributed by atoms with Gasteiger partial charge >= 0.3 is 0 Å². The van der Waals surface area contributed by atoms with E-state index in [-0.39, 0.29) is 5.92 Å². The highest BCUT2D eigenvalue weighted by Crippen LogP contribution is 2.28. The molecule has 6 nitrogen and oxygen atoms in total. The van der Waals surface area contributed by atoms with Gasteiger partial charge in [0.1, 0.15) is 5.52 Å². The minimum atomic E-state index is 0.170. The molecular weight excluding hydrogens is 352 g/mol. The lowest BCUT2D eigenvalue weighted by atomic mass is 9.93. The first-order valence-electron chi connectivity index (χ1n) is 10.8. The lowest BCUT2D eigenvalue weighted by molar-refractivity contribution is -0.137. The Balaban J connectivity index is 1.34. The first kappa shape index (κ1) is 19.2. The predicted octanol–water partition coefficient (Wildman–Crippen LogP) is 3.38. The highest BCUT2D eigenvalue weighted by atomic mass is 16.4. The summed E-state index contributed by atoms with van der Waals surface area (Å²) in [7, 11) is 0. The predicted molar refractivity (Wildman–Crippen MR) is 111 cm³/mol. The second kappa shape index (κ2) is 8.52. The number of hydrogen-bond donors (Lipinski definition) is 0. The highest BCUT2D eigenvalue weighted by molar-refractivity contribution is 5.79. The van der Waals surface area contributed by atoms with Crippen LogP contribution in [0.1, 0.15) is 39.5 Å². The average molecular weight is 385 g/mol. The van der Waals surface area contributed by atoms with Crippen molar-refractivity contribution in [1.82, 2.24) is 14.8 Å². The van der Waals surface area contributed by atoms with Crippen molar-refractivity contribution in [3.63, 3.8) is 0 Å². The van der Waals surface area contributed by atoms with Gasteiger partial charge in [0.25, 0.3) is 6.01 Å². The number of rotatable bonds is 5. The Morgan fingerprint density at radius 2 is 1.89 bits per heavy atom. The molecule has 2 aromatic rings. The van der Waals surface area contributed by atoms with Crippen LogP contribution in [0.3, 0.4) is 0 Å². The molecule has 0 spiro atoms. The monoisotopic (exact) mass is 384 g/mol. The van der Waals surface area contributed by atoms with Gasteiger partial charge in [-0.25, -0.2) is 0 Å². The number of anilines is 1. The third kappa shape index (κ3) is 3.88. The molecule has 1 atom stereocenters. The maximum absolute atomic E-state index is 12.8. The first-order chi connectivity index (χ1) is 13.7. The fraction of sp³-hybridized carbons (Fsp3) is 0.636. The molecule has 3 heterocycles. The Morgan fingerprint density at radius 1 is 1.14 bits per heavy atom. The van der Waals surface area contributed by atoms with E-state index in [0.717, 1.165) is 82.1 Å².